The summed E-state index contributed by atoms with van der Waals surface area (Å²) in [7, 11) is 0. The molecule has 1 aromatic carbocycles. The predicted octanol–water partition coefficient (Wildman–Crippen LogP) is 4.96. The minimum absolute atomic E-state index is 0.0112. The SMILES string of the molecule is CCC(C)C(=O)Nc1nc2c(nc1CC1CCCC1)-c1ccccc1CC2. The Balaban J connectivity index is 1.72. The van der Waals surface area contributed by atoms with Gasteiger partial charge in [-0.1, -0.05) is 63.8 Å². The lowest BCUT2D eigenvalue weighted by Gasteiger charge is -2.22. The second kappa shape index (κ2) is 7.79. The van der Waals surface area contributed by atoms with E-state index in [1.165, 1.54) is 36.8 Å². The van der Waals surface area contributed by atoms with Gasteiger partial charge in [-0.2, -0.15) is 0 Å². The van der Waals surface area contributed by atoms with Crippen molar-refractivity contribution < 1.29 is 4.79 Å². The Morgan fingerprint density at radius 2 is 1.96 bits per heavy atom. The van der Waals surface area contributed by atoms with Crippen LogP contribution in [0.1, 0.15) is 62.9 Å². The van der Waals surface area contributed by atoms with Gasteiger partial charge in [0.05, 0.1) is 17.1 Å². The number of amides is 1. The lowest BCUT2D eigenvalue weighted by Crippen LogP contribution is -2.23. The molecule has 1 amide bonds. The van der Waals surface area contributed by atoms with Crippen LogP contribution in [-0.4, -0.2) is 15.9 Å². The number of nitrogens with one attached hydrogen (secondary N) is 1. The third-order valence-corrected chi connectivity index (χ3v) is 6.20. The Hall–Kier alpha value is -2.23. The van der Waals surface area contributed by atoms with Crippen LogP contribution in [0.5, 0.6) is 0 Å². The molecule has 1 unspecified atom stereocenters. The molecule has 1 N–H and O–H groups in total. The first-order chi connectivity index (χ1) is 13.2. The van der Waals surface area contributed by atoms with Gasteiger partial charge in [-0.05, 0) is 37.2 Å². The fraction of sp³-hybridized carbons (Fsp3) is 0.522. The molecular weight excluding hydrogens is 334 g/mol. The summed E-state index contributed by atoms with van der Waals surface area (Å²) in [6.07, 6.45) is 8.74. The van der Waals surface area contributed by atoms with E-state index in [9.17, 15) is 4.79 Å². The van der Waals surface area contributed by atoms with Crippen molar-refractivity contribution in [2.24, 2.45) is 11.8 Å². The van der Waals surface area contributed by atoms with Crippen LogP contribution >= 0.6 is 0 Å². The van der Waals surface area contributed by atoms with Crippen LogP contribution < -0.4 is 5.32 Å². The highest BCUT2D eigenvalue weighted by Crippen LogP contribution is 2.35. The van der Waals surface area contributed by atoms with Gasteiger partial charge >= 0.3 is 0 Å². The largest absolute Gasteiger partial charge is 0.309 e. The monoisotopic (exact) mass is 363 g/mol. The number of nitrogens with zero attached hydrogens (tertiary/aromatic N) is 2. The van der Waals surface area contributed by atoms with E-state index in [-0.39, 0.29) is 11.8 Å². The first-order valence-corrected chi connectivity index (χ1v) is 10.4. The van der Waals surface area contributed by atoms with Gasteiger partial charge < -0.3 is 5.32 Å². The highest BCUT2D eigenvalue weighted by molar-refractivity contribution is 5.92. The van der Waals surface area contributed by atoms with Gasteiger partial charge in [-0.15, -0.1) is 0 Å². The number of rotatable bonds is 5. The summed E-state index contributed by atoms with van der Waals surface area (Å²) in [5, 5.41) is 3.10. The number of carbonyl (C=O) groups excluding carboxylic acids is 1. The number of carbonyl (C=O) groups is 1. The van der Waals surface area contributed by atoms with Crippen molar-refractivity contribution in [1.29, 1.82) is 0 Å². The summed E-state index contributed by atoms with van der Waals surface area (Å²) in [6, 6.07) is 8.51. The van der Waals surface area contributed by atoms with Gasteiger partial charge in [0, 0.05) is 11.5 Å². The third kappa shape index (κ3) is 3.76. The fourth-order valence-electron chi connectivity index (χ4n) is 4.27. The third-order valence-electron chi connectivity index (χ3n) is 6.20. The molecule has 1 heterocycles. The smallest absolute Gasteiger partial charge is 0.228 e. The molecule has 0 bridgehead atoms. The summed E-state index contributed by atoms with van der Waals surface area (Å²) >= 11 is 0. The highest BCUT2D eigenvalue weighted by atomic mass is 16.1. The molecule has 0 aliphatic heterocycles. The zero-order chi connectivity index (χ0) is 18.8. The Bertz CT molecular complexity index is 840. The first-order valence-electron chi connectivity index (χ1n) is 10.4. The maximum absolute atomic E-state index is 12.5. The van der Waals surface area contributed by atoms with Crippen LogP contribution in [0.25, 0.3) is 11.3 Å². The maximum atomic E-state index is 12.5. The number of hydrogen-bond acceptors (Lipinski definition) is 3. The summed E-state index contributed by atoms with van der Waals surface area (Å²) in [5.74, 6) is 1.40. The predicted molar refractivity (Wildman–Crippen MR) is 109 cm³/mol. The number of aromatic nitrogens is 2. The molecule has 27 heavy (non-hydrogen) atoms. The van der Waals surface area contributed by atoms with Gasteiger partial charge in [-0.25, -0.2) is 9.97 Å². The molecule has 1 atom stereocenters. The van der Waals surface area contributed by atoms with Gasteiger partial charge in [0.25, 0.3) is 0 Å². The molecule has 4 nitrogen and oxygen atoms in total. The molecule has 1 fully saturated rings. The van der Waals surface area contributed by atoms with E-state index in [1.807, 2.05) is 13.8 Å². The minimum Gasteiger partial charge on any atom is -0.309 e. The molecule has 0 spiro atoms. The van der Waals surface area contributed by atoms with Crippen LogP contribution in [0.2, 0.25) is 0 Å². The van der Waals surface area contributed by atoms with Crippen LogP contribution in [0, 0.1) is 11.8 Å². The van der Waals surface area contributed by atoms with Crippen molar-refractivity contribution in [2.45, 2.75) is 65.2 Å². The van der Waals surface area contributed by atoms with E-state index >= 15 is 0 Å². The van der Waals surface area contributed by atoms with Crippen molar-refractivity contribution in [3.8, 4) is 11.3 Å². The number of fused-ring (bicyclic) bond motifs is 3. The summed E-state index contributed by atoms with van der Waals surface area (Å²) in [6.45, 7) is 4.01. The quantitative estimate of drug-likeness (QED) is 0.817. The Morgan fingerprint density at radius 1 is 1.19 bits per heavy atom. The standard InChI is InChI=1S/C23H29N3O/c1-3-15(2)23(27)26-22-20(14-16-8-4-5-9-16)24-21-18-11-7-6-10-17(18)12-13-19(21)25-22/h6-7,10-11,15-16H,3-5,8-9,12-14H2,1-2H3,(H,25,26,27). The molecule has 2 aliphatic carbocycles. The molecule has 142 valence electrons. The van der Waals surface area contributed by atoms with Crippen LogP contribution in [-0.2, 0) is 24.1 Å². The van der Waals surface area contributed by atoms with Crippen molar-refractivity contribution >= 4 is 11.7 Å². The molecule has 1 saturated carbocycles. The summed E-state index contributed by atoms with van der Waals surface area (Å²) in [5.41, 5.74) is 5.56. The number of anilines is 1. The lowest BCUT2D eigenvalue weighted by molar-refractivity contribution is -0.119. The van der Waals surface area contributed by atoms with Crippen LogP contribution in [0.3, 0.4) is 0 Å². The molecule has 1 aromatic heterocycles. The van der Waals surface area contributed by atoms with E-state index in [2.05, 4.69) is 29.6 Å². The normalized spacial score (nSPS) is 17.3. The van der Waals surface area contributed by atoms with Crippen molar-refractivity contribution in [2.75, 3.05) is 5.32 Å². The first kappa shape index (κ1) is 18.1. The Kier molecular flexibility index (Phi) is 5.24. The van der Waals surface area contributed by atoms with Crippen molar-refractivity contribution in [3.63, 3.8) is 0 Å². The number of benzene rings is 1. The molecule has 2 aliphatic rings. The zero-order valence-electron chi connectivity index (χ0n) is 16.4. The molecule has 2 aromatic rings. The Labute approximate surface area is 161 Å². The van der Waals surface area contributed by atoms with E-state index in [0.29, 0.717) is 11.7 Å². The van der Waals surface area contributed by atoms with E-state index in [1.54, 1.807) is 0 Å². The average molecular weight is 364 g/mol. The van der Waals surface area contributed by atoms with Crippen molar-refractivity contribution in [3.05, 3.63) is 41.2 Å². The Morgan fingerprint density at radius 3 is 2.74 bits per heavy atom. The summed E-state index contributed by atoms with van der Waals surface area (Å²) < 4.78 is 0. The van der Waals surface area contributed by atoms with Gasteiger partial charge in [0.1, 0.15) is 0 Å². The number of hydrogen-bond donors (Lipinski definition) is 1. The molecule has 0 radical (unpaired) electrons. The number of aryl methyl sites for hydroxylation is 2. The van der Waals surface area contributed by atoms with E-state index in [0.717, 1.165) is 42.8 Å². The van der Waals surface area contributed by atoms with Crippen molar-refractivity contribution in [1.82, 2.24) is 9.97 Å². The topological polar surface area (TPSA) is 54.9 Å². The maximum Gasteiger partial charge on any atom is 0.228 e. The van der Waals surface area contributed by atoms with Gasteiger partial charge in [0.15, 0.2) is 5.82 Å². The second-order valence-corrected chi connectivity index (χ2v) is 8.12. The molecule has 4 rings (SSSR count). The van der Waals surface area contributed by atoms with Gasteiger partial charge in [-0.3, -0.25) is 4.79 Å². The van der Waals surface area contributed by atoms with Crippen LogP contribution in [0.4, 0.5) is 5.82 Å². The molecular formula is C23H29N3O. The lowest BCUT2D eigenvalue weighted by atomic mass is 9.91. The van der Waals surface area contributed by atoms with E-state index < -0.39 is 0 Å². The highest BCUT2D eigenvalue weighted by Gasteiger charge is 2.25. The average Bonchev–Trinajstić information content (AvgIpc) is 3.20. The minimum atomic E-state index is -0.0112. The fourth-order valence-corrected chi connectivity index (χ4v) is 4.27. The summed E-state index contributed by atoms with van der Waals surface area (Å²) in [4.78, 5) is 22.5. The second-order valence-electron chi connectivity index (χ2n) is 8.12. The van der Waals surface area contributed by atoms with E-state index in [4.69, 9.17) is 9.97 Å². The van der Waals surface area contributed by atoms with Crippen LogP contribution in [0.15, 0.2) is 24.3 Å². The zero-order valence-corrected chi connectivity index (χ0v) is 16.4. The van der Waals surface area contributed by atoms with Gasteiger partial charge in [0.2, 0.25) is 5.91 Å². The molecule has 4 heteroatoms. The molecule has 0 saturated heterocycles.